The highest BCUT2D eigenvalue weighted by atomic mass is 16.5. The Bertz CT molecular complexity index is 1150. The summed E-state index contributed by atoms with van der Waals surface area (Å²) >= 11 is 0. The maximum Gasteiger partial charge on any atom is 0.228 e. The third-order valence-electron chi connectivity index (χ3n) is 6.35. The Kier molecular flexibility index (Phi) is 4.81. The number of hydrogen-bond donors (Lipinski definition) is 1. The fourth-order valence-electron chi connectivity index (χ4n) is 4.65. The molecule has 1 fully saturated rings. The zero-order valence-electron chi connectivity index (χ0n) is 17.7. The summed E-state index contributed by atoms with van der Waals surface area (Å²) in [5.41, 5.74) is 4.17. The molecule has 0 bridgehead atoms. The van der Waals surface area contributed by atoms with Crippen molar-refractivity contribution in [1.82, 2.24) is 9.88 Å². The topological polar surface area (TPSA) is 74.9 Å². The van der Waals surface area contributed by atoms with Crippen molar-refractivity contribution < 1.29 is 19.1 Å². The summed E-state index contributed by atoms with van der Waals surface area (Å²) in [4.78, 5) is 33.0. The van der Waals surface area contributed by atoms with Gasteiger partial charge in [-0.25, -0.2) is 0 Å². The predicted molar refractivity (Wildman–Crippen MR) is 117 cm³/mol. The third kappa shape index (κ3) is 3.40. The van der Waals surface area contributed by atoms with Crippen molar-refractivity contribution in [3.8, 4) is 11.5 Å². The van der Waals surface area contributed by atoms with Gasteiger partial charge in [0.1, 0.15) is 11.5 Å². The Labute approximate surface area is 180 Å². The van der Waals surface area contributed by atoms with Crippen molar-refractivity contribution in [2.45, 2.75) is 19.4 Å². The molecule has 0 radical (unpaired) electrons. The minimum absolute atomic E-state index is 0.0157. The Morgan fingerprint density at radius 1 is 1.06 bits per heavy atom. The number of nitrogens with zero attached hydrogens (tertiary/aromatic N) is 2. The monoisotopic (exact) mass is 419 g/mol. The van der Waals surface area contributed by atoms with Crippen LogP contribution in [-0.4, -0.2) is 49.0 Å². The van der Waals surface area contributed by atoms with Crippen LogP contribution in [0.25, 0.3) is 10.9 Å². The number of methoxy groups -OCH3 is 2. The molecule has 7 heteroatoms. The van der Waals surface area contributed by atoms with E-state index in [4.69, 9.17) is 9.47 Å². The number of H-pyrrole nitrogens is 1. The summed E-state index contributed by atoms with van der Waals surface area (Å²) in [5.74, 6) is 1.25. The molecule has 2 amide bonds. The van der Waals surface area contributed by atoms with Gasteiger partial charge in [0.25, 0.3) is 0 Å². The van der Waals surface area contributed by atoms with Crippen LogP contribution in [0.2, 0.25) is 0 Å². The van der Waals surface area contributed by atoms with Crippen LogP contribution in [0.1, 0.15) is 17.7 Å². The molecular formula is C24H25N3O4. The minimum Gasteiger partial charge on any atom is -0.497 e. The third-order valence-corrected chi connectivity index (χ3v) is 6.35. The van der Waals surface area contributed by atoms with E-state index >= 15 is 0 Å². The van der Waals surface area contributed by atoms with Gasteiger partial charge in [0.05, 0.1) is 20.1 Å². The Balaban J connectivity index is 1.33. The lowest BCUT2D eigenvalue weighted by Crippen LogP contribution is -2.40. The second kappa shape index (κ2) is 7.65. The van der Waals surface area contributed by atoms with Gasteiger partial charge in [0, 0.05) is 60.3 Å². The first-order valence-electron chi connectivity index (χ1n) is 10.5. The summed E-state index contributed by atoms with van der Waals surface area (Å²) < 4.78 is 10.6. The number of carbonyl (C=O) groups is 2. The number of carbonyl (C=O) groups excluding carboxylic acids is 2. The van der Waals surface area contributed by atoms with Gasteiger partial charge in [0.15, 0.2) is 0 Å². The lowest BCUT2D eigenvalue weighted by Gasteiger charge is -2.29. The van der Waals surface area contributed by atoms with Crippen LogP contribution in [0.15, 0.2) is 42.5 Å². The van der Waals surface area contributed by atoms with Gasteiger partial charge >= 0.3 is 0 Å². The highest BCUT2D eigenvalue weighted by Crippen LogP contribution is 2.33. The average molecular weight is 419 g/mol. The van der Waals surface area contributed by atoms with Crippen molar-refractivity contribution in [2.75, 3.05) is 32.2 Å². The van der Waals surface area contributed by atoms with Crippen molar-refractivity contribution in [2.24, 2.45) is 5.92 Å². The second-order valence-electron chi connectivity index (χ2n) is 8.11. The lowest BCUT2D eigenvalue weighted by molar-refractivity contribution is -0.136. The molecule has 5 rings (SSSR count). The van der Waals surface area contributed by atoms with Crippen LogP contribution in [0.4, 0.5) is 5.69 Å². The molecule has 0 saturated carbocycles. The first-order valence-corrected chi connectivity index (χ1v) is 10.5. The number of benzene rings is 2. The largest absolute Gasteiger partial charge is 0.497 e. The molecule has 0 aliphatic carbocycles. The number of hydrogen-bond acceptors (Lipinski definition) is 4. The summed E-state index contributed by atoms with van der Waals surface area (Å²) in [7, 11) is 3.26. The van der Waals surface area contributed by atoms with Crippen LogP contribution in [0.5, 0.6) is 11.5 Å². The quantitative estimate of drug-likeness (QED) is 0.705. The fraction of sp³-hybridized carbons (Fsp3) is 0.333. The molecule has 7 nitrogen and oxygen atoms in total. The van der Waals surface area contributed by atoms with Gasteiger partial charge in [-0.2, -0.15) is 0 Å². The molecule has 160 valence electrons. The van der Waals surface area contributed by atoms with E-state index in [9.17, 15) is 9.59 Å². The van der Waals surface area contributed by atoms with E-state index < -0.39 is 0 Å². The van der Waals surface area contributed by atoms with Crippen molar-refractivity contribution in [3.63, 3.8) is 0 Å². The first-order chi connectivity index (χ1) is 15.1. The first kappa shape index (κ1) is 19.5. The molecule has 1 saturated heterocycles. The molecule has 31 heavy (non-hydrogen) atoms. The van der Waals surface area contributed by atoms with Gasteiger partial charge in [-0.3, -0.25) is 9.59 Å². The SMILES string of the molecule is COc1ccc(N2C[C@@H](C(=O)N3CCc4[nH]c5ccc(OC)cc5c4C3)CC2=O)cc1. The standard InChI is InChI=1S/C24H25N3O4/c1-30-17-5-3-16(4-6-17)27-13-15(11-23(27)28)24(29)26-10-9-22-20(14-26)19-12-18(31-2)7-8-21(19)25-22/h3-8,12,15,25H,9-11,13-14H2,1-2H3/t15-/m0/s1. The van der Waals surface area contributed by atoms with Crippen LogP contribution in [0.3, 0.4) is 0 Å². The zero-order chi connectivity index (χ0) is 21.5. The number of rotatable bonds is 4. The lowest BCUT2D eigenvalue weighted by atomic mass is 10.0. The van der Waals surface area contributed by atoms with Gasteiger partial charge in [-0.05, 0) is 42.5 Å². The van der Waals surface area contributed by atoms with Gasteiger partial charge < -0.3 is 24.3 Å². The Morgan fingerprint density at radius 2 is 1.81 bits per heavy atom. The summed E-state index contributed by atoms with van der Waals surface area (Å²) in [6, 6.07) is 13.3. The summed E-state index contributed by atoms with van der Waals surface area (Å²) in [6.45, 7) is 1.62. The molecule has 0 unspecified atom stereocenters. The van der Waals surface area contributed by atoms with Crippen LogP contribution in [-0.2, 0) is 22.6 Å². The number of ether oxygens (including phenoxy) is 2. The Morgan fingerprint density at radius 3 is 2.55 bits per heavy atom. The number of anilines is 1. The summed E-state index contributed by atoms with van der Waals surface area (Å²) in [6.07, 6.45) is 1.02. The molecule has 1 atom stereocenters. The second-order valence-corrected chi connectivity index (χ2v) is 8.11. The highest BCUT2D eigenvalue weighted by molar-refractivity contribution is 6.00. The van der Waals surface area contributed by atoms with Gasteiger partial charge in [-0.1, -0.05) is 0 Å². The van der Waals surface area contributed by atoms with E-state index in [1.54, 1.807) is 19.1 Å². The maximum absolute atomic E-state index is 13.3. The number of aromatic amines is 1. The molecular weight excluding hydrogens is 394 g/mol. The van der Waals surface area contributed by atoms with Crippen molar-refractivity contribution in [1.29, 1.82) is 0 Å². The molecule has 3 heterocycles. The van der Waals surface area contributed by atoms with E-state index in [0.29, 0.717) is 19.6 Å². The van der Waals surface area contributed by atoms with E-state index in [0.717, 1.165) is 40.1 Å². The van der Waals surface area contributed by atoms with Crippen LogP contribution in [0, 0.1) is 5.92 Å². The summed E-state index contributed by atoms with van der Waals surface area (Å²) in [5, 5.41) is 1.09. The van der Waals surface area contributed by atoms with E-state index in [-0.39, 0.29) is 24.2 Å². The van der Waals surface area contributed by atoms with Crippen molar-refractivity contribution >= 4 is 28.4 Å². The molecule has 2 aromatic carbocycles. The normalized spacial score (nSPS) is 18.4. The number of nitrogens with one attached hydrogen (secondary N) is 1. The number of fused-ring (bicyclic) bond motifs is 3. The van der Waals surface area contributed by atoms with E-state index in [1.807, 2.05) is 47.4 Å². The zero-order valence-corrected chi connectivity index (χ0v) is 17.7. The molecule has 1 N–H and O–H groups in total. The van der Waals surface area contributed by atoms with E-state index in [2.05, 4.69) is 4.98 Å². The Hall–Kier alpha value is -3.48. The highest BCUT2D eigenvalue weighted by Gasteiger charge is 2.38. The molecule has 3 aromatic rings. The number of amides is 2. The van der Waals surface area contributed by atoms with Crippen molar-refractivity contribution in [3.05, 3.63) is 53.7 Å². The van der Waals surface area contributed by atoms with Crippen LogP contribution >= 0.6 is 0 Å². The fourth-order valence-corrected chi connectivity index (χ4v) is 4.65. The molecule has 0 spiro atoms. The van der Waals surface area contributed by atoms with Gasteiger partial charge in [-0.15, -0.1) is 0 Å². The van der Waals surface area contributed by atoms with Gasteiger partial charge in [0.2, 0.25) is 11.8 Å². The number of aromatic nitrogens is 1. The maximum atomic E-state index is 13.3. The molecule has 2 aliphatic heterocycles. The molecule has 1 aromatic heterocycles. The molecule has 2 aliphatic rings. The van der Waals surface area contributed by atoms with E-state index in [1.165, 1.54) is 5.69 Å². The minimum atomic E-state index is -0.323. The van der Waals surface area contributed by atoms with Crippen LogP contribution < -0.4 is 14.4 Å². The predicted octanol–water partition coefficient (Wildman–Crippen LogP) is 3.12. The smallest absolute Gasteiger partial charge is 0.228 e. The average Bonchev–Trinajstić information content (AvgIpc) is 3.38.